The monoisotopic (exact) mass is 299 g/mol. The summed E-state index contributed by atoms with van der Waals surface area (Å²) >= 11 is 0. The zero-order valence-electron chi connectivity index (χ0n) is 11.3. The Hall–Kier alpha value is -1.83. The normalized spacial score (nSPS) is 15.6. The van der Waals surface area contributed by atoms with E-state index in [-0.39, 0.29) is 5.65 Å². The van der Waals surface area contributed by atoms with Crippen LogP contribution in [-0.2, 0) is 6.18 Å². The number of alkyl halides is 3. The molecule has 8 heteroatoms. The summed E-state index contributed by atoms with van der Waals surface area (Å²) in [7, 11) is 0. The lowest BCUT2D eigenvalue weighted by atomic mass is 10.3. The minimum absolute atomic E-state index is 0.224. The number of aromatic nitrogens is 3. The van der Waals surface area contributed by atoms with E-state index in [1.54, 1.807) is 6.07 Å². The van der Waals surface area contributed by atoms with Crippen molar-refractivity contribution in [3.05, 3.63) is 23.5 Å². The molecule has 0 atom stereocenters. The highest BCUT2D eigenvalue weighted by molar-refractivity contribution is 5.51. The summed E-state index contributed by atoms with van der Waals surface area (Å²) in [6.45, 7) is 0.964. The molecule has 3 N–H and O–H groups in total. The maximum absolute atomic E-state index is 12.9. The van der Waals surface area contributed by atoms with E-state index < -0.39 is 11.9 Å². The summed E-state index contributed by atoms with van der Waals surface area (Å²) < 4.78 is 40.2. The summed E-state index contributed by atoms with van der Waals surface area (Å²) in [5.41, 5.74) is 5.53. The van der Waals surface area contributed by atoms with Gasteiger partial charge in [0.1, 0.15) is 5.82 Å². The van der Waals surface area contributed by atoms with Gasteiger partial charge in [-0.05, 0) is 25.8 Å². The van der Waals surface area contributed by atoms with Crippen molar-refractivity contribution in [2.45, 2.75) is 31.4 Å². The first-order valence-electron chi connectivity index (χ1n) is 6.91. The maximum atomic E-state index is 12.9. The van der Waals surface area contributed by atoms with Crippen LogP contribution in [-0.4, -0.2) is 27.7 Å². The van der Waals surface area contributed by atoms with Gasteiger partial charge in [-0.15, -0.1) is 0 Å². The zero-order valence-corrected chi connectivity index (χ0v) is 11.3. The number of anilines is 1. The molecule has 2 aromatic heterocycles. The first kappa shape index (κ1) is 14.1. The number of nitrogens with two attached hydrogens (primary N) is 1. The second-order valence-electron chi connectivity index (χ2n) is 5.21. The molecule has 0 amide bonds. The van der Waals surface area contributed by atoms with Gasteiger partial charge in [-0.3, -0.25) is 0 Å². The molecule has 1 aliphatic rings. The molecule has 1 fully saturated rings. The topological polar surface area (TPSA) is 68.2 Å². The largest absolute Gasteiger partial charge is 0.433 e. The minimum Gasteiger partial charge on any atom is -0.370 e. The van der Waals surface area contributed by atoms with Gasteiger partial charge in [0.2, 0.25) is 0 Å². The summed E-state index contributed by atoms with van der Waals surface area (Å²) in [6, 6.07) is 2.63. The van der Waals surface area contributed by atoms with Crippen LogP contribution in [0.4, 0.5) is 19.0 Å². The summed E-state index contributed by atoms with van der Waals surface area (Å²) in [5, 5.41) is 7.32. The summed E-state index contributed by atoms with van der Waals surface area (Å²) in [5.74, 6) is 0.658. The van der Waals surface area contributed by atoms with Gasteiger partial charge in [-0.1, -0.05) is 0 Å². The Kier molecular flexibility index (Phi) is 3.48. The van der Waals surface area contributed by atoms with Gasteiger partial charge >= 0.3 is 6.18 Å². The third-order valence-corrected chi connectivity index (χ3v) is 3.42. The van der Waals surface area contributed by atoms with Crippen molar-refractivity contribution in [3.8, 4) is 0 Å². The van der Waals surface area contributed by atoms with E-state index >= 15 is 0 Å². The lowest BCUT2D eigenvalue weighted by Gasteiger charge is -2.11. The summed E-state index contributed by atoms with van der Waals surface area (Å²) in [6.07, 6.45) is -1.74. The van der Waals surface area contributed by atoms with Gasteiger partial charge in [0.25, 0.3) is 0 Å². The molecule has 2 heterocycles. The molecular weight excluding hydrogens is 283 g/mol. The molecule has 0 aliphatic heterocycles. The van der Waals surface area contributed by atoms with Crippen molar-refractivity contribution < 1.29 is 13.2 Å². The van der Waals surface area contributed by atoms with E-state index in [4.69, 9.17) is 5.73 Å². The second kappa shape index (κ2) is 5.18. The Morgan fingerprint density at radius 1 is 1.33 bits per heavy atom. The average Bonchev–Trinajstić information content (AvgIpc) is 3.17. The van der Waals surface area contributed by atoms with Crippen LogP contribution in [0.25, 0.3) is 5.65 Å². The van der Waals surface area contributed by atoms with Gasteiger partial charge in [0, 0.05) is 24.6 Å². The molecule has 1 aliphatic carbocycles. The molecule has 2 aromatic rings. The molecule has 0 bridgehead atoms. The predicted molar refractivity (Wildman–Crippen MR) is 72.1 cm³/mol. The van der Waals surface area contributed by atoms with Crippen LogP contribution < -0.4 is 11.1 Å². The van der Waals surface area contributed by atoms with E-state index in [2.05, 4.69) is 15.4 Å². The second-order valence-corrected chi connectivity index (χ2v) is 5.21. The van der Waals surface area contributed by atoms with Crippen LogP contribution in [0.2, 0.25) is 0 Å². The molecule has 3 rings (SSSR count). The number of fused-ring (bicyclic) bond motifs is 1. The van der Waals surface area contributed by atoms with Gasteiger partial charge in [-0.2, -0.15) is 22.8 Å². The SMILES string of the molecule is NCCCNc1cc(C(F)(F)F)nc2cc(C3CC3)nn12. The van der Waals surface area contributed by atoms with E-state index in [0.29, 0.717) is 31.2 Å². The van der Waals surface area contributed by atoms with E-state index in [0.717, 1.165) is 24.6 Å². The number of nitrogens with one attached hydrogen (secondary N) is 1. The average molecular weight is 299 g/mol. The molecule has 21 heavy (non-hydrogen) atoms. The highest BCUT2D eigenvalue weighted by Crippen LogP contribution is 2.40. The fraction of sp³-hybridized carbons (Fsp3) is 0.538. The first-order chi connectivity index (χ1) is 9.99. The number of hydrogen-bond donors (Lipinski definition) is 2. The van der Waals surface area contributed by atoms with Gasteiger partial charge < -0.3 is 11.1 Å². The molecule has 0 aromatic carbocycles. The first-order valence-corrected chi connectivity index (χ1v) is 6.91. The van der Waals surface area contributed by atoms with Gasteiger partial charge in [0.15, 0.2) is 11.3 Å². The molecular formula is C13H16F3N5. The van der Waals surface area contributed by atoms with Crippen molar-refractivity contribution in [3.63, 3.8) is 0 Å². The maximum Gasteiger partial charge on any atom is 0.433 e. The van der Waals surface area contributed by atoms with E-state index in [9.17, 15) is 13.2 Å². The fourth-order valence-corrected chi connectivity index (χ4v) is 2.16. The molecule has 1 saturated carbocycles. The quantitative estimate of drug-likeness (QED) is 0.832. The molecule has 0 spiro atoms. The highest BCUT2D eigenvalue weighted by atomic mass is 19.4. The van der Waals surface area contributed by atoms with Crippen molar-refractivity contribution in [2.24, 2.45) is 5.73 Å². The third kappa shape index (κ3) is 2.94. The number of rotatable bonds is 5. The molecule has 5 nitrogen and oxygen atoms in total. The van der Waals surface area contributed by atoms with Gasteiger partial charge in [-0.25, -0.2) is 4.98 Å². The van der Waals surface area contributed by atoms with Crippen LogP contribution in [0.15, 0.2) is 12.1 Å². The Morgan fingerprint density at radius 2 is 2.10 bits per heavy atom. The van der Waals surface area contributed by atoms with Crippen LogP contribution in [0.5, 0.6) is 0 Å². The van der Waals surface area contributed by atoms with E-state index in [1.165, 1.54) is 4.52 Å². The van der Waals surface area contributed by atoms with Crippen molar-refractivity contribution in [2.75, 3.05) is 18.4 Å². The van der Waals surface area contributed by atoms with Crippen molar-refractivity contribution in [1.82, 2.24) is 14.6 Å². The van der Waals surface area contributed by atoms with Crippen LogP contribution in [0.1, 0.15) is 36.6 Å². The van der Waals surface area contributed by atoms with Crippen molar-refractivity contribution >= 4 is 11.5 Å². The Bertz CT molecular complexity index is 645. The fourth-order valence-electron chi connectivity index (χ4n) is 2.16. The summed E-state index contributed by atoms with van der Waals surface area (Å²) in [4.78, 5) is 3.68. The van der Waals surface area contributed by atoms with Crippen LogP contribution in [0, 0.1) is 0 Å². The molecule has 114 valence electrons. The standard InChI is InChI=1S/C13H16F3N5/c14-13(15,16)10-7-11(18-5-1-4-17)21-12(19-10)6-9(20-21)8-2-3-8/h6-8,18H,1-5,17H2. The van der Waals surface area contributed by atoms with E-state index in [1.807, 2.05) is 0 Å². The Balaban J connectivity index is 2.02. The lowest BCUT2D eigenvalue weighted by molar-refractivity contribution is -0.141. The highest BCUT2D eigenvalue weighted by Gasteiger charge is 2.34. The smallest absolute Gasteiger partial charge is 0.370 e. The molecule has 0 saturated heterocycles. The lowest BCUT2D eigenvalue weighted by Crippen LogP contribution is -2.15. The Labute approximate surface area is 119 Å². The van der Waals surface area contributed by atoms with Crippen LogP contribution in [0.3, 0.4) is 0 Å². The number of nitrogens with zero attached hydrogens (tertiary/aromatic N) is 3. The molecule has 0 unspecified atom stereocenters. The minimum atomic E-state index is -4.48. The predicted octanol–water partition coefficient (Wildman–Crippen LogP) is 2.39. The van der Waals surface area contributed by atoms with Crippen LogP contribution >= 0.6 is 0 Å². The third-order valence-electron chi connectivity index (χ3n) is 3.42. The Morgan fingerprint density at radius 3 is 2.71 bits per heavy atom. The number of hydrogen-bond acceptors (Lipinski definition) is 4. The number of halogens is 3. The molecule has 0 radical (unpaired) electrons. The zero-order chi connectivity index (χ0) is 15.0. The van der Waals surface area contributed by atoms with Gasteiger partial charge in [0.05, 0.1) is 5.69 Å². The van der Waals surface area contributed by atoms with Crippen molar-refractivity contribution in [1.29, 1.82) is 0 Å².